The molecule has 8 heavy (non-hydrogen) atoms. The fraction of sp³-hybridized carbons (Fsp3) is 0.750. The van der Waals surface area contributed by atoms with Crippen LogP contribution in [0.2, 0.25) is 0 Å². The van der Waals surface area contributed by atoms with E-state index in [9.17, 15) is 4.79 Å². The molecule has 0 aromatic rings. The van der Waals surface area contributed by atoms with E-state index in [2.05, 4.69) is 0 Å². The highest BCUT2D eigenvalue weighted by Gasteiger charge is 2.06. The summed E-state index contributed by atoms with van der Waals surface area (Å²) in [5.74, 6) is -0.246. The van der Waals surface area contributed by atoms with Crippen LogP contribution in [0.4, 0.5) is 0 Å². The number of hydrogen-bond donors (Lipinski definition) is 1. The summed E-state index contributed by atoms with van der Waals surface area (Å²) >= 11 is 0. The molecule has 2 N–H and O–H groups in total. The molecule has 0 aliphatic rings. The van der Waals surface area contributed by atoms with E-state index in [0.717, 1.165) is 0 Å². The smallest absolute Gasteiger partial charge is 0.231 e. The van der Waals surface area contributed by atoms with Crippen LogP contribution in [0.15, 0.2) is 0 Å². The Balaban J connectivity index is 3.32. The Morgan fingerprint density at radius 3 is 2.38 bits per heavy atom. The van der Waals surface area contributed by atoms with Crippen molar-refractivity contribution in [2.24, 2.45) is 5.73 Å². The maximum absolute atomic E-state index is 10.3. The van der Waals surface area contributed by atoms with Gasteiger partial charge in [-0.05, 0) is 13.2 Å². The standard InChI is InChI=1S/C4H9NOS2/c1-3(4(5)6)8-7-2/h3H,1-2H3,(H2,5,6). The van der Waals surface area contributed by atoms with Crippen molar-refractivity contribution in [3.8, 4) is 0 Å². The van der Waals surface area contributed by atoms with Gasteiger partial charge in [-0.25, -0.2) is 0 Å². The average molecular weight is 151 g/mol. The first kappa shape index (κ1) is 8.17. The van der Waals surface area contributed by atoms with Crippen molar-refractivity contribution in [2.75, 3.05) is 6.26 Å². The molecule has 0 saturated carbocycles. The number of carbonyl (C=O) groups excluding carboxylic acids is 1. The zero-order valence-electron chi connectivity index (χ0n) is 4.88. The van der Waals surface area contributed by atoms with E-state index in [1.807, 2.05) is 6.26 Å². The molecule has 0 aromatic heterocycles. The molecule has 0 radical (unpaired) electrons. The summed E-state index contributed by atoms with van der Waals surface area (Å²) in [5.41, 5.74) is 4.95. The first-order valence-corrected chi connectivity index (χ1v) is 4.79. The Morgan fingerprint density at radius 1 is 1.75 bits per heavy atom. The van der Waals surface area contributed by atoms with Crippen molar-refractivity contribution in [3.05, 3.63) is 0 Å². The molecule has 2 nitrogen and oxygen atoms in total. The van der Waals surface area contributed by atoms with Crippen molar-refractivity contribution in [3.63, 3.8) is 0 Å². The van der Waals surface area contributed by atoms with Crippen LogP contribution >= 0.6 is 21.6 Å². The van der Waals surface area contributed by atoms with E-state index in [1.165, 1.54) is 10.8 Å². The van der Waals surface area contributed by atoms with E-state index < -0.39 is 0 Å². The van der Waals surface area contributed by atoms with Crippen LogP contribution in [0.5, 0.6) is 0 Å². The summed E-state index contributed by atoms with van der Waals surface area (Å²) < 4.78 is 0. The van der Waals surface area contributed by atoms with E-state index in [0.29, 0.717) is 0 Å². The van der Waals surface area contributed by atoms with Gasteiger partial charge in [-0.1, -0.05) is 21.6 Å². The molecule has 0 fully saturated rings. The van der Waals surface area contributed by atoms with E-state index in [1.54, 1.807) is 17.7 Å². The number of primary amides is 1. The van der Waals surface area contributed by atoms with Gasteiger partial charge in [-0.15, -0.1) is 0 Å². The highest BCUT2D eigenvalue weighted by molar-refractivity contribution is 8.76. The SMILES string of the molecule is CSSC(C)C(N)=O. The minimum Gasteiger partial charge on any atom is -0.369 e. The largest absolute Gasteiger partial charge is 0.369 e. The van der Waals surface area contributed by atoms with E-state index in [-0.39, 0.29) is 11.2 Å². The lowest BCUT2D eigenvalue weighted by molar-refractivity contribution is -0.117. The second-order valence-corrected chi connectivity index (χ2v) is 4.12. The lowest BCUT2D eigenvalue weighted by atomic mass is 10.5. The Kier molecular flexibility index (Phi) is 4.18. The van der Waals surface area contributed by atoms with Crippen LogP contribution in [0, 0.1) is 0 Å². The summed E-state index contributed by atoms with van der Waals surface area (Å²) in [7, 11) is 3.04. The molecular weight excluding hydrogens is 142 g/mol. The second kappa shape index (κ2) is 4.09. The van der Waals surface area contributed by atoms with Crippen molar-refractivity contribution >= 4 is 27.5 Å². The lowest BCUT2D eigenvalue weighted by Gasteiger charge is -2.00. The molecular formula is C4H9NOS2. The summed E-state index contributed by atoms with van der Waals surface area (Å²) in [6.07, 6.45) is 1.92. The third kappa shape index (κ3) is 3.21. The van der Waals surface area contributed by atoms with E-state index >= 15 is 0 Å². The maximum atomic E-state index is 10.3. The average Bonchev–Trinajstić information content (AvgIpc) is 1.67. The molecule has 0 aliphatic heterocycles. The molecule has 0 bridgehead atoms. The van der Waals surface area contributed by atoms with Crippen LogP contribution < -0.4 is 5.73 Å². The zero-order valence-corrected chi connectivity index (χ0v) is 6.51. The molecule has 0 spiro atoms. The fourth-order valence-corrected chi connectivity index (χ4v) is 1.73. The van der Waals surface area contributed by atoms with Gasteiger partial charge in [0.15, 0.2) is 0 Å². The topological polar surface area (TPSA) is 43.1 Å². The number of rotatable bonds is 3. The maximum Gasteiger partial charge on any atom is 0.231 e. The van der Waals surface area contributed by atoms with Crippen LogP contribution in [0.25, 0.3) is 0 Å². The van der Waals surface area contributed by atoms with Crippen LogP contribution in [-0.4, -0.2) is 17.4 Å². The predicted octanol–water partition coefficient (Wildman–Crippen LogP) is 0.871. The third-order valence-electron chi connectivity index (χ3n) is 0.641. The van der Waals surface area contributed by atoms with Crippen molar-refractivity contribution in [2.45, 2.75) is 12.2 Å². The summed E-state index contributed by atoms with van der Waals surface area (Å²) in [6.45, 7) is 1.80. The van der Waals surface area contributed by atoms with Gasteiger partial charge in [0.05, 0.1) is 5.25 Å². The van der Waals surface area contributed by atoms with Gasteiger partial charge in [0.2, 0.25) is 5.91 Å². The molecule has 0 aliphatic carbocycles. The Labute approximate surface area is 57.0 Å². The Morgan fingerprint density at radius 2 is 2.25 bits per heavy atom. The van der Waals surface area contributed by atoms with Crippen LogP contribution in [0.1, 0.15) is 6.92 Å². The van der Waals surface area contributed by atoms with E-state index in [4.69, 9.17) is 5.73 Å². The highest BCUT2D eigenvalue weighted by Crippen LogP contribution is 2.22. The first-order chi connectivity index (χ1) is 3.68. The van der Waals surface area contributed by atoms with Gasteiger partial charge in [-0.3, -0.25) is 4.79 Å². The zero-order chi connectivity index (χ0) is 6.57. The molecule has 0 aromatic carbocycles. The number of carbonyl (C=O) groups is 1. The monoisotopic (exact) mass is 151 g/mol. The molecule has 0 rings (SSSR count). The third-order valence-corrected chi connectivity index (χ3v) is 2.80. The van der Waals surface area contributed by atoms with Crippen molar-refractivity contribution < 1.29 is 4.79 Å². The predicted molar refractivity (Wildman–Crippen MR) is 39.8 cm³/mol. The molecule has 48 valence electrons. The highest BCUT2D eigenvalue weighted by atomic mass is 33.1. The van der Waals surface area contributed by atoms with Crippen molar-refractivity contribution in [1.82, 2.24) is 0 Å². The minimum absolute atomic E-state index is 0.0648. The number of hydrogen-bond acceptors (Lipinski definition) is 3. The lowest BCUT2D eigenvalue weighted by Crippen LogP contribution is -2.21. The molecule has 1 unspecified atom stereocenters. The van der Waals surface area contributed by atoms with Gasteiger partial charge in [0, 0.05) is 0 Å². The normalized spacial score (nSPS) is 13.2. The summed E-state index contributed by atoms with van der Waals surface area (Å²) in [4.78, 5) is 10.3. The fourth-order valence-electron chi connectivity index (χ4n) is 0.192. The quantitative estimate of drug-likeness (QED) is 0.609. The summed E-state index contributed by atoms with van der Waals surface area (Å²) in [5, 5.41) is -0.0648. The molecule has 1 atom stereocenters. The number of amides is 1. The van der Waals surface area contributed by atoms with Gasteiger partial charge < -0.3 is 5.73 Å². The number of nitrogens with two attached hydrogens (primary N) is 1. The van der Waals surface area contributed by atoms with Crippen LogP contribution in [-0.2, 0) is 4.79 Å². The first-order valence-electron chi connectivity index (χ1n) is 2.17. The molecule has 4 heteroatoms. The van der Waals surface area contributed by atoms with Crippen molar-refractivity contribution in [1.29, 1.82) is 0 Å². The molecule has 0 heterocycles. The van der Waals surface area contributed by atoms with Gasteiger partial charge in [0.25, 0.3) is 0 Å². The Bertz CT molecular complexity index is 86.1. The Hall–Kier alpha value is 0.170. The molecule has 1 amide bonds. The van der Waals surface area contributed by atoms with Gasteiger partial charge >= 0.3 is 0 Å². The van der Waals surface area contributed by atoms with Crippen LogP contribution in [0.3, 0.4) is 0 Å². The minimum atomic E-state index is -0.246. The summed E-state index contributed by atoms with van der Waals surface area (Å²) in [6, 6.07) is 0. The second-order valence-electron chi connectivity index (χ2n) is 1.31. The van der Waals surface area contributed by atoms with Gasteiger partial charge in [-0.2, -0.15) is 0 Å². The molecule has 0 saturated heterocycles. The van der Waals surface area contributed by atoms with Gasteiger partial charge in [0.1, 0.15) is 0 Å².